The zero-order chi connectivity index (χ0) is 11.6. The zero-order valence-electron chi connectivity index (χ0n) is 8.04. The molecule has 0 aliphatic carbocycles. The van der Waals surface area contributed by atoms with Crippen LogP contribution >= 0.6 is 0 Å². The summed E-state index contributed by atoms with van der Waals surface area (Å²) in [7, 11) is 1.08. The van der Waals surface area contributed by atoms with Crippen LogP contribution in [0.1, 0.15) is 5.56 Å². The Morgan fingerprint density at radius 2 is 1.53 bits per heavy atom. The second-order valence-electron chi connectivity index (χ2n) is 3.16. The quantitative estimate of drug-likeness (QED) is 0.692. The lowest BCUT2D eigenvalue weighted by Crippen LogP contribution is -2.53. The first-order valence-electron chi connectivity index (χ1n) is 4.08. The summed E-state index contributed by atoms with van der Waals surface area (Å²) in [5, 5.41) is 17.8. The van der Waals surface area contributed by atoms with Crippen LogP contribution in [0.3, 0.4) is 0 Å². The summed E-state index contributed by atoms with van der Waals surface area (Å²) in [6.07, 6.45) is -2.93. The molecule has 5 heteroatoms. The Balaban J connectivity index is 3.28. The minimum Gasteiger partial charge on any atom is -0.435 e. The van der Waals surface area contributed by atoms with Crippen LogP contribution in [0, 0.1) is 6.92 Å². The highest BCUT2D eigenvalue weighted by atomic mass is 16.4. The van der Waals surface area contributed by atoms with Crippen LogP contribution in [0.15, 0.2) is 24.3 Å². The number of quaternary nitrogens is 1. The number of carbonyl (C=O) groups is 2. The van der Waals surface area contributed by atoms with Crippen molar-refractivity contribution in [3.05, 3.63) is 36.8 Å². The molecular formula is C10H10NO4+. The number of rotatable bonds is 1. The van der Waals surface area contributed by atoms with Crippen LogP contribution in [0.25, 0.3) is 0 Å². The van der Waals surface area contributed by atoms with Crippen LogP contribution in [0.2, 0.25) is 0 Å². The normalized spacial score (nSPS) is 11.1. The Morgan fingerprint density at radius 3 is 1.87 bits per heavy atom. The van der Waals surface area contributed by atoms with Crippen molar-refractivity contribution in [3.8, 4) is 0 Å². The number of hydrogen-bond acceptors (Lipinski definition) is 2. The van der Waals surface area contributed by atoms with Crippen LogP contribution in [0.4, 0.5) is 15.3 Å². The van der Waals surface area contributed by atoms with Crippen LogP contribution in [-0.2, 0) is 0 Å². The first-order valence-corrected chi connectivity index (χ1v) is 4.08. The molecule has 0 spiro atoms. The van der Waals surface area contributed by atoms with Crippen LogP contribution in [0.5, 0.6) is 0 Å². The highest BCUT2D eigenvalue weighted by Crippen LogP contribution is 2.22. The Kier molecular flexibility index (Phi) is 2.76. The minimum absolute atomic E-state index is 0.129. The molecule has 0 unspecified atom stereocenters. The number of imide groups is 1. The molecule has 0 heterocycles. The van der Waals surface area contributed by atoms with Crippen molar-refractivity contribution in [1.82, 2.24) is 4.48 Å². The van der Waals surface area contributed by atoms with Gasteiger partial charge in [0.05, 0.1) is 7.05 Å². The van der Waals surface area contributed by atoms with Crippen molar-refractivity contribution in [2.45, 2.75) is 0 Å². The molecule has 0 atom stereocenters. The molecule has 78 valence electrons. The van der Waals surface area contributed by atoms with Gasteiger partial charge in [-0.2, -0.15) is 9.59 Å². The van der Waals surface area contributed by atoms with E-state index in [9.17, 15) is 9.59 Å². The summed E-state index contributed by atoms with van der Waals surface area (Å²) in [5.41, 5.74) is 0.574. The number of carboxylic acid groups (broad SMARTS) is 2. The first kappa shape index (κ1) is 11.2. The van der Waals surface area contributed by atoms with E-state index in [1.807, 2.05) is 0 Å². The SMILES string of the molecule is [CH]c1ccc([N+](C)(C(=O)O)C(=O)O)cc1. The van der Waals surface area contributed by atoms with Gasteiger partial charge in [-0.15, -0.1) is 0 Å². The lowest BCUT2D eigenvalue weighted by Gasteiger charge is -2.20. The second-order valence-corrected chi connectivity index (χ2v) is 3.16. The van der Waals surface area contributed by atoms with E-state index in [0.717, 1.165) is 7.05 Å². The van der Waals surface area contributed by atoms with Gasteiger partial charge in [0.25, 0.3) is 0 Å². The van der Waals surface area contributed by atoms with Gasteiger partial charge in [-0.3, -0.25) is 0 Å². The minimum atomic E-state index is -1.47. The number of amides is 2. The molecule has 5 nitrogen and oxygen atoms in total. The average molecular weight is 208 g/mol. The molecule has 0 aliphatic rings. The molecule has 2 radical (unpaired) electrons. The largest absolute Gasteiger partial charge is 0.529 e. The summed E-state index contributed by atoms with van der Waals surface area (Å²) in [5.74, 6) is 0. The fourth-order valence-electron chi connectivity index (χ4n) is 1.08. The summed E-state index contributed by atoms with van der Waals surface area (Å²) in [6, 6.07) is 5.66. The van der Waals surface area contributed by atoms with E-state index >= 15 is 0 Å². The predicted molar refractivity (Wildman–Crippen MR) is 53.6 cm³/mol. The third kappa shape index (κ3) is 1.82. The lowest BCUT2D eigenvalue weighted by molar-refractivity contribution is 0.133. The molecule has 2 N–H and O–H groups in total. The molecule has 1 rings (SSSR count). The van der Waals surface area contributed by atoms with E-state index in [1.165, 1.54) is 24.3 Å². The number of benzene rings is 1. The van der Waals surface area contributed by atoms with Gasteiger partial charge < -0.3 is 10.2 Å². The van der Waals surface area contributed by atoms with Crippen molar-refractivity contribution >= 4 is 17.9 Å². The maximum atomic E-state index is 10.9. The standard InChI is InChI=1S/C10H9NO4/c1-7-3-5-8(6-4-7)11(2,9(12)13)10(14)15/h1,3-6H,2H3,(H-,12,13,14,15)/p+1. The Morgan fingerprint density at radius 1 is 1.13 bits per heavy atom. The molecular weight excluding hydrogens is 198 g/mol. The molecule has 0 aromatic heterocycles. The molecule has 1 aromatic rings. The maximum absolute atomic E-state index is 10.9. The first-order chi connectivity index (χ1) is 6.89. The maximum Gasteiger partial charge on any atom is 0.529 e. The monoisotopic (exact) mass is 208 g/mol. The van der Waals surface area contributed by atoms with Gasteiger partial charge >= 0.3 is 12.2 Å². The third-order valence-corrected chi connectivity index (χ3v) is 2.17. The summed E-state index contributed by atoms with van der Waals surface area (Å²) in [6.45, 7) is 5.42. The van der Waals surface area contributed by atoms with Gasteiger partial charge in [0.15, 0.2) is 5.69 Å². The Bertz CT molecular complexity index is 382. The average Bonchev–Trinajstić information content (AvgIpc) is 2.17. The lowest BCUT2D eigenvalue weighted by atomic mass is 10.2. The van der Waals surface area contributed by atoms with E-state index in [1.54, 1.807) is 0 Å². The van der Waals surface area contributed by atoms with Crippen molar-refractivity contribution in [2.75, 3.05) is 7.05 Å². The van der Waals surface area contributed by atoms with Crippen molar-refractivity contribution in [3.63, 3.8) is 0 Å². The topological polar surface area (TPSA) is 74.6 Å². The van der Waals surface area contributed by atoms with Gasteiger partial charge in [-0.05, 0) is 12.5 Å². The van der Waals surface area contributed by atoms with Gasteiger partial charge in [0.2, 0.25) is 0 Å². The molecule has 0 saturated carbocycles. The van der Waals surface area contributed by atoms with E-state index in [0.29, 0.717) is 5.56 Å². The summed E-state index contributed by atoms with van der Waals surface area (Å²) >= 11 is 0. The molecule has 0 fully saturated rings. The van der Waals surface area contributed by atoms with Crippen LogP contribution < -0.4 is 4.48 Å². The van der Waals surface area contributed by atoms with Gasteiger partial charge in [-0.1, -0.05) is 16.6 Å². The highest BCUT2D eigenvalue weighted by Gasteiger charge is 2.43. The van der Waals surface area contributed by atoms with Gasteiger partial charge in [-0.25, -0.2) is 0 Å². The second kappa shape index (κ2) is 3.70. The Hall–Kier alpha value is -1.88. The third-order valence-electron chi connectivity index (χ3n) is 2.17. The van der Waals surface area contributed by atoms with Crippen molar-refractivity contribution in [2.24, 2.45) is 0 Å². The van der Waals surface area contributed by atoms with E-state index in [-0.39, 0.29) is 5.69 Å². The fourth-order valence-corrected chi connectivity index (χ4v) is 1.08. The van der Waals surface area contributed by atoms with Crippen molar-refractivity contribution in [1.29, 1.82) is 0 Å². The number of hydrogen-bond donors (Lipinski definition) is 2. The number of nitrogens with zero attached hydrogens (tertiary/aromatic N) is 1. The fraction of sp³-hybridized carbons (Fsp3) is 0.100. The van der Waals surface area contributed by atoms with Crippen molar-refractivity contribution < 1.29 is 19.8 Å². The molecule has 0 bridgehead atoms. The predicted octanol–water partition coefficient (Wildman–Crippen LogP) is 2.04. The molecule has 15 heavy (non-hydrogen) atoms. The van der Waals surface area contributed by atoms with Crippen LogP contribution in [-0.4, -0.2) is 29.4 Å². The molecule has 0 saturated heterocycles. The van der Waals surface area contributed by atoms with Gasteiger partial charge in [0, 0.05) is 12.1 Å². The summed E-state index contributed by atoms with van der Waals surface area (Å²) in [4.78, 5) is 21.8. The molecule has 1 aromatic carbocycles. The van der Waals surface area contributed by atoms with E-state index in [2.05, 4.69) is 0 Å². The highest BCUT2D eigenvalue weighted by molar-refractivity contribution is 6.00. The van der Waals surface area contributed by atoms with E-state index in [4.69, 9.17) is 17.1 Å². The van der Waals surface area contributed by atoms with E-state index < -0.39 is 16.7 Å². The molecule has 0 aliphatic heterocycles. The summed E-state index contributed by atoms with van der Waals surface area (Å²) < 4.78 is -1.22. The Labute approximate surface area is 86.8 Å². The van der Waals surface area contributed by atoms with Gasteiger partial charge in [0.1, 0.15) is 0 Å². The zero-order valence-corrected chi connectivity index (χ0v) is 8.04. The smallest absolute Gasteiger partial charge is 0.435 e. The molecule has 2 amide bonds.